The summed E-state index contributed by atoms with van der Waals surface area (Å²) in [5.41, 5.74) is 16.6. The number of rotatable bonds is 9. The van der Waals surface area contributed by atoms with Gasteiger partial charge in [-0.15, -0.1) is 0 Å². The third-order valence-corrected chi connectivity index (χ3v) is 21.4. The molecule has 0 fully saturated rings. The normalized spacial score (nSPS) is 12.8. The van der Waals surface area contributed by atoms with Crippen LogP contribution in [0.2, 0.25) is 0 Å². The zero-order valence-electron chi connectivity index (χ0n) is 41.8. The maximum Gasteiger partial charge on any atom is 0.179 e. The van der Waals surface area contributed by atoms with Crippen LogP contribution in [-0.4, -0.2) is 17.2 Å². The topological polar surface area (TPSA) is 9.86 Å². The molecule has 0 bridgehead atoms. The molecule has 356 valence electrons. The van der Waals surface area contributed by atoms with Gasteiger partial charge in [-0.3, -0.25) is 0 Å². The predicted octanol–water partition coefficient (Wildman–Crippen LogP) is 15.3. The Bertz CT molecular complexity index is 4350. The molecule has 0 amide bonds. The molecule has 0 unspecified atom stereocenters. The van der Waals surface area contributed by atoms with Gasteiger partial charge in [-0.05, 0) is 108 Å². The van der Waals surface area contributed by atoms with Crippen molar-refractivity contribution < 1.29 is 0 Å². The number of hydrogen-bond acceptors (Lipinski definition) is 0. The van der Waals surface area contributed by atoms with E-state index in [4.69, 9.17) is 0 Å². The minimum atomic E-state index is -2.70. The average Bonchev–Trinajstić information content (AvgIpc) is 4.14. The van der Waals surface area contributed by atoms with Crippen molar-refractivity contribution in [2.75, 3.05) is 0 Å². The molecule has 0 saturated carbocycles. The summed E-state index contributed by atoms with van der Waals surface area (Å²) < 4.78 is 4.98. The second kappa shape index (κ2) is 17.6. The van der Waals surface area contributed by atoms with E-state index in [1.165, 1.54) is 109 Å². The Morgan fingerprint density at radius 2 is 0.711 bits per heavy atom. The van der Waals surface area contributed by atoms with E-state index in [-0.39, 0.29) is 0 Å². The third kappa shape index (κ3) is 6.40. The van der Waals surface area contributed by atoms with E-state index >= 15 is 0 Å². The predicted molar refractivity (Wildman–Crippen MR) is 321 cm³/mol. The Balaban J connectivity index is 0.916. The Morgan fingerprint density at radius 1 is 0.263 bits per heavy atom. The van der Waals surface area contributed by atoms with Gasteiger partial charge in [0.1, 0.15) is 0 Å². The maximum absolute atomic E-state index is 2.70. The summed E-state index contributed by atoms with van der Waals surface area (Å²) >= 11 is 0. The molecular weight excluding hydrogens is 933 g/mol. The number of benzene rings is 12. The van der Waals surface area contributed by atoms with Gasteiger partial charge in [0.25, 0.3) is 0 Å². The van der Waals surface area contributed by atoms with E-state index in [2.05, 4.69) is 312 Å². The van der Waals surface area contributed by atoms with Crippen molar-refractivity contribution >= 4 is 72.4 Å². The van der Waals surface area contributed by atoms with Crippen molar-refractivity contribution in [1.82, 2.24) is 9.13 Å². The molecule has 14 aromatic rings. The summed E-state index contributed by atoms with van der Waals surface area (Å²) in [6, 6.07) is 113. The quantitative estimate of drug-likeness (QED) is 0.101. The zero-order valence-corrected chi connectivity index (χ0v) is 42.8. The number of fused-ring (bicyclic) bond motifs is 9. The lowest BCUT2D eigenvalue weighted by atomic mass is 9.67. The molecule has 76 heavy (non-hydrogen) atoms. The molecule has 0 radical (unpaired) electrons. The van der Waals surface area contributed by atoms with Crippen molar-refractivity contribution in [2.24, 2.45) is 0 Å². The zero-order chi connectivity index (χ0) is 50.2. The van der Waals surface area contributed by atoms with Gasteiger partial charge in [0, 0.05) is 38.5 Å². The van der Waals surface area contributed by atoms with Crippen molar-refractivity contribution in [3.05, 3.63) is 326 Å². The van der Waals surface area contributed by atoms with Crippen LogP contribution in [0.25, 0.3) is 77.2 Å². The van der Waals surface area contributed by atoms with E-state index < -0.39 is 13.5 Å². The highest BCUT2D eigenvalue weighted by atomic mass is 28.3. The number of para-hydroxylation sites is 3. The maximum atomic E-state index is 2.52. The molecule has 0 spiro atoms. The molecule has 12 aromatic carbocycles. The lowest BCUT2D eigenvalue weighted by Crippen LogP contribution is -2.74. The van der Waals surface area contributed by atoms with Crippen LogP contribution in [0.15, 0.2) is 303 Å². The van der Waals surface area contributed by atoms with Gasteiger partial charge in [-0.1, -0.05) is 255 Å². The van der Waals surface area contributed by atoms with Crippen LogP contribution in [0.3, 0.4) is 0 Å². The van der Waals surface area contributed by atoms with Crippen LogP contribution < -0.4 is 20.7 Å². The Labute approximate surface area is 443 Å². The average molecular weight is 983 g/mol. The molecule has 1 aliphatic rings. The third-order valence-electron chi connectivity index (χ3n) is 16.6. The first kappa shape index (κ1) is 44.0. The summed E-state index contributed by atoms with van der Waals surface area (Å²) in [5, 5.41) is 10.4. The van der Waals surface area contributed by atoms with Gasteiger partial charge in [-0.2, -0.15) is 0 Å². The van der Waals surface area contributed by atoms with E-state index in [9.17, 15) is 0 Å². The highest BCUT2D eigenvalue weighted by Gasteiger charge is 2.46. The molecular formula is C73H50N2Si. The van der Waals surface area contributed by atoms with Crippen molar-refractivity contribution in [3.8, 4) is 33.6 Å². The molecule has 2 aromatic heterocycles. The summed E-state index contributed by atoms with van der Waals surface area (Å²) in [4.78, 5) is 0. The summed E-state index contributed by atoms with van der Waals surface area (Å²) in [6.45, 7) is 0. The molecule has 0 aliphatic heterocycles. The van der Waals surface area contributed by atoms with Crippen LogP contribution in [0.4, 0.5) is 0 Å². The molecule has 2 nitrogen and oxygen atoms in total. The Morgan fingerprint density at radius 3 is 1.33 bits per heavy atom. The Hall–Kier alpha value is -9.54. The second-order valence-electron chi connectivity index (χ2n) is 20.3. The molecule has 1 aliphatic carbocycles. The van der Waals surface area contributed by atoms with Crippen LogP contribution >= 0.6 is 0 Å². The first-order valence-electron chi connectivity index (χ1n) is 26.4. The Kier molecular flexibility index (Phi) is 10.2. The standard InChI is InChI=1S/C73H50N2Si/c1-6-23-52(24-7-1)73(53-25-8-2-9-26-53)67-38-19-16-33-61(67)62-47-41-51(49-68(62)73)60-36-22-37-65-63-34-17-21-40-70(63)75(72(60)65)55-44-48-71-66(50-55)64-35-18-20-39-69(64)74(71)54-42-45-59(46-43-54)76(56-27-10-3-11-28-56,57-29-12-4-13-30-57)58-31-14-5-15-32-58/h1-50H. The minimum absolute atomic E-state index is 0.499. The SMILES string of the molecule is c1ccc(C2(c3ccccc3)c3ccccc3-c3ccc(-c4cccc5c6ccccc6n(-c6ccc7c(c6)c6ccccc6n7-c6ccc([Si](c7ccccc7)(c7ccccc7)c7ccccc7)cc6)c45)cc32)cc1. The monoisotopic (exact) mass is 982 g/mol. The first-order chi connectivity index (χ1) is 37.7. The highest BCUT2D eigenvalue weighted by molar-refractivity contribution is 7.19. The molecule has 0 N–H and O–H groups in total. The summed E-state index contributed by atoms with van der Waals surface area (Å²) in [6.07, 6.45) is 0. The van der Waals surface area contributed by atoms with Crippen LogP contribution in [-0.2, 0) is 5.41 Å². The van der Waals surface area contributed by atoms with E-state index in [0.717, 1.165) is 11.4 Å². The minimum Gasteiger partial charge on any atom is -0.309 e. The molecule has 3 heteroatoms. The highest BCUT2D eigenvalue weighted by Crippen LogP contribution is 2.57. The van der Waals surface area contributed by atoms with Crippen LogP contribution in [0, 0.1) is 0 Å². The fourth-order valence-corrected chi connectivity index (χ4v) is 18.2. The fraction of sp³-hybridized carbons (Fsp3) is 0.0137. The number of aromatic nitrogens is 2. The van der Waals surface area contributed by atoms with Crippen molar-refractivity contribution in [3.63, 3.8) is 0 Å². The van der Waals surface area contributed by atoms with Gasteiger partial charge >= 0.3 is 0 Å². The smallest absolute Gasteiger partial charge is 0.179 e. The molecule has 0 atom stereocenters. The van der Waals surface area contributed by atoms with Gasteiger partial charge in [0.05, 0.1) is 27.5 Å². The van der Waals surface area contributed by atoms with Gasteiger partial charge in [0.2, 0.25) is 0 Å². The summed E-state index contributed by atoms with van der Waals surface area (Å²) in [5.74, 6) is 0. The van der Waals surface area contributed by atoms with Crippen molar-refractivity contribution in [2.45, 2.75) is 5.41 Å². The van der Waals surface area contributed by atoms with Crippen molar-refractivity contribution in [1.29, 1.82) is 0 Å². The number of hydrogen-bond donors (Lipinski definition) is 0. The van der Waals surface area contributed by atoms with E-state index in [1.54, 1.807) is 0 Å². The fourth-order valence-electron chi connectivity index (χ4n) is 13.4. The van der Waals surface area contributed by atoms with E-state index in [1.807, 2.05) is 0 Å². The molecule has 2 heterocycles. The van der Waals surface area contributed by atoms with Crippen LogP contribution in [0.5, 0.6) is 0 Å². The lowest BCUT2D eigenvalue weighted by molar-refractivity contribution is 0.769. The number of nitrogens with zero attached hydrogens (tertiary/aromatic N) is 2. The summed E-state index contributed by atoms with van der Waals surface area (Å²) in [7, 11) is -2.70. The van der Waals surface area contributed by atoms with Crippen LogP contribution in [0.1, 0.15) is 22.3 Å². The first-order valence-corrected chi connectivity index (χ1v) is 28.4. The molecule has 15 rings (SSSR count). The van der Waals surface area contributed by atoms with Gasteiger partial charge in [0.15, 0.2) is 8.07 Å². The lowest BCUT2D eigenvalue weighted by Gasteiger charge is -2.34. The largest absolute Gasteiger partial charge is 0.309 e. The molecule has 0 saturated heterocycles. The van der Waals surface area contributed by atoms with Gasteiger partial charge in [-0.25, -0.2) is 0 Å². The van der Waals surface area contributed by atoms with E-state index in [0.29, 0.717) is 0 Å². The van der Waals surface area contributed by atoms with Gasteiger partial charge < -0.3 is 9.13 Å². The second-order valence-corrected chi connectivity index (χ2v) is 24.1.